The van der Waals surface area contributed by atoms with Crippen LogP contribution in [0.25, 0.3) is 6.08 Å². The number of allylic oxidation sites excluding steroid dienone is 1. The molecular formula is C19H21N3O4. The molecule has 0 unspecified atom stereocenters. The Morgan fingerprint density at radius 3 is 2.04 bits per heavy atom. The minimum Gasteiger partial charge on any atom is -0.464 e. The molecule has 1 aromatic rings. The molecule has 0 aliphatic rings. The number of nitrogens with zero attached hydrogens (tertiary/aromatic N) is 3. The highest BCUT2D eigenvalue weighted by Gasteiger charge is 2.10. The summed E-state index contributed by atoms with van der Waals surface area (Å²) in [5, 5.41) is 17.7. The quantitative estimate of drug-likeness (QED) is 0.521. The molecule has 0 radical (unpaired) electrons. The van der Waals surface area contributed by atoms with E-state index in [-0.39, 0.29) is 30.7 Å². The molecule has 7 heteroatoms. The highest BCUT2D eigenvalue weighted by molar-refractivity contribution is 5.67. The lowest BCUT2D eigenvalue weighted by molar-refractivity contribution is -0.141. The summed E-state index contributed by atoms with van der Waals surface area (Å²) in [6.45, 7) is 5.87. The van der Waals surface area contributed by atoms with Gasteiger partial charge < -0.3 is 14.4 Å². The third kappa shape index (κ3) is 7.06. The van der Waals surface area contributed by atoms with Crippen LogP contribution in [0.1, 0.15) is 25.0 Å². The summed E-state index contributed by atoms with van der Waals surface area (Å²) in [4.78, 5) is 23.8. The van der Waals surface area contributed by atoms with Crippen molar-refractivity contribution in [2.75, 3.05) is 31.2 Å². The molecule has 0 amide bonds. The first-order valence-corrected chi connectivity index (χ1v) is 8.01. The number of hydrogen-bond acceptors (Lipinski definition) is 7. The molecule has 0 atom stereocenters. The second kappa shape index (κ2) is 10.5. The summed E-state index contributed by atoms with van der Waals surface area (Å²) >= 11 is 0. The molecule has 1 aromatic carbocycles. The van der Waals surface area contributed by atoms with E-state index in [0.717, 1.165) is 16.8 Å². The molecule has 0 saturated heterocycles. The number of anilines is 1. The molecule has 7 nitrogen and oxygen atoms in total. The molecule has 0 saturated carbocycles. The van der Waals surface area contributed by atoms with Gasteiger partial charge in [0.2, 0.25) is 0 Å². The van der Waals surface area contributed by atoms with Crippen LogP contribution in [0.2, 0.25) is 0 Å². The van der Waals surface area contributed by atoms with E-state index in [1.165, 1.54) is 19.9 Å². The van der Waals surface area contributed by atoms with E-state index >= 15 is 0 Å². The van der Waals surface area contributed by atoms with E-state index < -0.39 is 0 Å². The van der Waals surface area contributed by atoms with Crippen molar-refractivity contribution < 1.29 is 19.1 Å². The van der Waals surface area contributed by atoms with E-state index in [2.05, 4.69) is 0 Å². The maximum Gasteiger partial charge on any atom is 0.302 e. The zero-order valence-electron chi connectivity index (χ0n) is 15.1. The van der Waals surface area contributed by atoms with Crippen LogP contribution in [0.15, 0.2) is 23.8 Å². The molecule has 0 aliphatic heterocycles. The number of hydrogen-bond donors (Lipinski definition) is 0. The van der Waals surface area contributed by atoms with Crippen LogP contribution in [-0.2, 0) is 19.1 Å². The average Bonchev–Trinajstić information content (AvgIpc) is 2.59. The SMILES string of the molecule is CC(=O)OCCN(CCOC(C)=O)c1ccc(C=C(C#N)C#N)c(C)c1. The van der Waals surface area contributed by atoms with Crippen LogP contribution in [0.4, 0.5) is 5.69 Å². The fourth-order valence-corrected chi connectivity index (χ4v) is 2.23. The molecule has 0 aromatic heterocycles. The van der Waals surface area contributed by atoms with Gasteiger partial charge in [-0.15, -0.1) is 0 Å². The number of benzene rings is 1. The minimum absolute atomic E-state index is 0.0300. The molecule has 0 fully saturated rings. The van der Waals surface area contributed by atoms with E-state index in [9.17, 15) is 9.59 Å². The standard InChI is InChI=1S/C19H21N3O4/c1-14-10-19(5-4-18(14)11-17(12-20)13-21)22(6-8-25-15(2)23)7-9-26-16(3)24/h4-5,10-11H,6-9H2,1-3H3. The van der Waals surface area contributed by atoms with Crippen molar-refractivity contribution >= 4 is 23.7 Å². The van der Waals surface area contributed by atoms with Crippen molar-refractivity contribution in [3.8, 4) is 12.1 Å². The van der Waals surface area contributed by atoms with Gasteiger partial charge in [-0.25, -0.2) is 0 Å². The number of carbonyl (C=O) groups excluding carboxylic acids is 2. The second-order valence-electron chi connectivity index (χ2n) is 5.49. The Hall–Kier alpha value is -3.32. The van der Waals surface area contributed by atoms with Crippen LogP contribution >= 0.6 is 0 Å². The third-order valence-electron chi connectivity index (χ3n) is 3.49. The van der Waals surface area contributed by atoms with Crippen molar-refractivity contribution in [3.63, 3.8) is 0 Å². The lowest BCUT2D eigenvalue weighted by Crippen LogP contribution is -2.32. The van der Waals surface area contributed by atoms with Crippen molar-refractivity contribution in [1.29, 1.82) is 10.5 Å². The van der Waals surface area contributed by atoms with Crippen LogP contribution in [0, 0.1) is 29.6 Å². The molecule has 136 valence electrons. The smallest absolute Gasteiger partial charge is 0.302 e. The maximum atomic E-state index is 11.0. The van der Waals surface area contributed by atoms with Crippen LogP contribution in [-0.4, -0.2) is 38.2 Å². The lowest BCUT2D eigenvalue weighted by Gasteiger charge is -2.25. The first-order chi connectivity index (χ1) is 12.4. The number of aryl methyl sites for hydroxylation is 1. The van der Waals surface area contributed by atoms with Crippen molar-refractivity contribution in [2.24, 2.45) is 0 Å². The Balaban J connectivity index is 2.97. The second-order valence-corrected chi connectivity index (χ2v) is 5.49. The van der Waals surface area contributed by atoms with Gasteiger partial charge >= 0.3 is 11.9 Å². The number of ether oxygens (including phenoxy) is 2. The summed E-state index contributed by atoms with van der Waals surface area (Å²) in [5.74, 6) is -0.718. The molecule has 1 rings (SSSR count). The highest BCUT2D eigenvalue weighted by atomic mass is 16.5. The molecule has 0 spiro atoms. The Morgan fingerprint density at radius 1 is 1.08 bits per heavy atom. The lowest BCUT2D eigenvalue weighted by atomic mass is 10.0. The zero-order valence-corrected chi connectivity index (χ0v) is 15.1. The van der Waals surface area contributed by atoms with Gasteiger partial charge in [0, 0.05) is 19.5 Å². The summed E-state index contributed by atoms with van der Waals surface area (Å²) < 4.78 is 9.97. The molecule has 26 heavy (non-hydrogen) atoms. The number of carbonyl (C=O) groups is 2. The van der Waals surface area contributed by atoms with Gasteiger partial charge in [-0.05, 0) is 36.3 Å². The fraction of sp³-hybridized carbons (Fsp3) is 0.368. The number of nitriles is 2. The zero-order chi connectivity index (χ0) is 19.5. The fourth-order valence-electron chi connectivity index (χ4n) is 2.23. The van der Waals surface area contributed by atoms with Crippen molar-refractivity contribution in [3.05, 3.63) is 34.9 Å². The summed E-state index contributed by atoms with van der Waals surface area (Å²) in [7, 11) is 0. The minimum atomic E-state index is -0.359. The summed E-state index contributed by atoms with van der Waals surface area (Å²) in [6, 6.07) is 9.22. The summed E-state index contributed by atoms with van der Waals surface area (Å²) in [5.41, 5.74) is 2.54. The van der Waals surface area contributed by atoms with Gasteiger partial charge in [0.25, 0.3) is 0 Å². The van der Waals surface area contributed by atoms with E-state index in [0.29, 0.717) is 13.1 Å². The van der Waals surface area contributed by atoms with Crippen molar-refractivity contribution in [2.45, 2.75) is 20.8 Å². The highest BCUT2D eigenvalue weighted by Crippen LogP contribution is 2.21. The third-order valence-corrected chi connectivity index (χ3v) is 3.49. The predicted molar refractivity (Wildman–Crippen MR) is 95.9 cm³/mol. The van der Waals surface area contributed by atoms with E-state index in [1.54, 1.807) is 0 Å². The Bertz CT molecular complexity index is 736. The van der Waals surface area contributed by atoms with Crippen LogP contribution in [0.5, 0.6) is 0 Å². The van der Waals surface area contributed by atoms with E-state index in [4.69, 9.17) is 20.0 Å². The van der Waals surface area contributed by atoms with Gasteiger partial charge in [-0.3, -0.25) is 9.59 Å². The van der Waals surface area contributed by atoms with Gasteiger partial charge in [-0.1, -0.05) is 6.07 Å². The Labute approximate surface area is 153 Å². The molecule has 0 N–H and O–H groups in total. The molecule has 0 heterocycles. The van der Waals surface area contributed by atoms with Crippen molar-refractivity contribution in [1.82, 2.24) is 0 Å². The summed E-state index contributed by atoms with van der Waals surface area (Å²) in [6.07, 6.45) is 1.53. The monoisotopic (exact) mass is 355 g/mol. The molecule has 0 bridgehead atoms. The Kier molecular flexibility index (Phi) is 8.39. The average molecular weight is 355 g/mol. The van der Waals surface area contributed by atoms with Gasteiger partial charge in [0.15, 0.2) is 0 Å². The van der Waals surface area contributed by atoms with Crippen LogP contribution < -0.4 is 4.90 Å². The normalized spacial score (nSPS) is 9.42. The number of rotatable bonds is 8. The predicted octanol–water partition coefficient (Wildman–Crippen LogP) is 2.36. The maximum absolute atomic E-state index is 11.0. The van der Waals surface area contributed by atoms with E-state index in [1.807, 2.05) is 42.2 Å². The van der Waals surface area contributed by atoms with Gasteiger partial charge in [0.05, 0.1) is 13.1 Å². The van der Waals surface area contributed by atoms with Crippen LogP contribution in [0.3, 0.4) is 0 Å². The Morgan fingerprint density at radius 2 is 1.62 bits per heavy atom. The van der Waals surface area contributed by atoms with Gasteiger partial charge in [-0.2, -0.15) is 10.5 Å². The first-order valence-electron chi connectivity index (χ1n) is 8.01. The number of esters is 2. The molecule has 0 aliphatic carbocycles. The largest absolute Gasteiger partial charge is 0.464 e. The first kappa shape index (κ1) is 20.7. The topological polar surface area (TPSA) is 103 Å². The molecular weight excluding hydrogens is 334 g/mol. The van der Waals surface area contributed by atoms with Gasteiger partial charge in [0.1, 0.15) is 30.9 Å².